The molecule has 0 saturated carbocycles. The Labute approximate surface area is 157 Å². The maximum Gasteiger partial charge on any atom is 0.317 e. The molecule has 2 fully saturated rings. The Hall–Kier alpha value is -2.15. The minimum atomic E-state index is -0.854. The highest BCUT2D eigenvalue weighted by Gasteiger charge is 2.42. The van der Waals surface area contributed by atoms with E-state index in [9.17, 15) is 14.7 Å². The largest absolute Gasteiger partial charge is 0.495 e. The molecule has 3 rings (SSSR count). The Bertz CT molecular complexity index is 714. The fourth-order valence-electron chi connectivity index (χ4n) is 3.58. The van der Waals surface area contributed by atoms with Gasteiger partial charge in [-0.3, -0.25) is 4.79 Å². The fraction of sp³-hybridized carbons (Fsp3) is 0.556. The smallest absolute Gasteiger partial charge is 0.317 e. The molecule has 2 atom stereocenters. The van der Waals surface area contributed by atoms with Crippen molar-refractivity contribution < 1.29 is 19.4 Å². The zero-order valence-electron chi connectivity index (χ0n) is 15.0. The van der Waals surface area contributed by atoms with E-state index in [1.165, 1.54) is 0 Å². The van der Waals surface area contributed by atoms with Gasteiger partial charge in [0.1, 0.15) is 5.75 Å². The van der Waals surface area contributed by atoms with E-state index >= 15 is 0 Å². The van der Waals surface area contributed by atoms with Gasteiger partial charge in [-0.05, 0) is 38.0 Å². The predicted molar refractivity (Wildman–Crippen MR) is 99.1 cm³/mol. The summed E-state index contributed by atoms with van der Waals surface area (Å²) in [4.78, 5) is 27.6. The first kappa shape index (κ1) is 18.6. The third-order valence-electron chi connectivity index (χ3n) is 5.27. The molecule has 1 aromatic rings. The molecular formula is C18H24ClN3O4. The summed E-state index contributed by atoms with van der Waals surface area (Å²) >= 11 is 6.10. The number of nitrogens with one attached hydrogen (secondary N) is 1. The first-order valence-electron chi connectivity index (χ1n) is 8.70. The second kappa shape index (κ2) is 7.23. The van der Waals surface area contributed by atoms with Crippen LogP contribution >= 0.6 is 11.6 Å². The molecule has 0 aromatic heterocycles. The van der Waals surface area contributed by atoms with E-state index in [-0.39, 0.29) is 18.6 Å². The second-order valence-corrected chi connectivity index (χ2v) is 7.67. The third kappa shape index (κ3) is 3.67. The van der Waals surface area contributed by atoms with Crippen LogP contribution in [0.1, 0.15) is 19.8 Å². The number of rotatable bonds is 4. The van der Waals surface area contributed by atoms with Gasteiger partial charge < -0.3 is 25.0 Å². The minimum absolute atomic E-state index is 0.00266. The number of nitrogens with zero attached hydrogens (tertiary/aromatic N) is 2. The van der Waals surface area contributed by atoms with E-state index in [1.54, 1.807) is 25.0 Å². The quantitative estimate of drug-likeness (QED) is 0.837. The van der Waals surface area contributed by atoms with Crippen molar-refractivity contribution in [2.75, 3.05) is 38.2 Å². The van der Waals surface area contributed by atoms with Crippen molar-refractivity contribution in [3.05, 3.63) is 23.2 Å². The van der Waals surface area contributed by atoms with Crippen LogP contribution in [0.25, 0.3) is 0 Å². The van der Waals surface area contributed by atoms with Gasteiger partial charge in [-0.15, -0.1) is 0 Å². The molecule has 7 nitrogen and oxygen atoms in total. The van der Waals surface area contributed by atoms with Crippen LogP contribution in [0, 0.1) is 5.41 Å². The van der Waals surface area contributed by atoms with Gasteiger partial charge in [0.25, 0.3) is 0 Å². The van der Waals surface area contributed by atoms with E-state index in [1.807, 2.05) is 12.1 Å². The lowest BCUT2D eigenvalue weighted by molar-refractivity contribution is -0.147. The van der Waals surface area contributed by atoms with Crippen molar-refractivity contribution in [2.24, 2.45) is 5.41 Å². The highest BCUT2D eigenvalue weighted by molar-refractivity contribution is 6.30. The van der Waals surface area contributed by atoms with Crippen molar-refractivity contribution in [2.45, 2.75) is 25.8 Å². The molecule has 142 valence electrons. The molecule has 8 heteroatoms. The first-order valence-corrected chi connectivity index (χ1v) is 9.07. The van der Waals surface area contributed by atoms with E-state index in [0.29, 0.717) is 24.5 Å². The number of methoxy groups -OCH3 is 1. The summed E-state index contributed by atoms with van der Waals surface area (Å²) < 4.78 is 5.40. The third-order valence-corrected chi connectivity index (χ3v) is 5.51. The number of carbonyl (C=O) groups is 2. The van der Waals surface area contributed by atoms with Crippen LogP contribution < -0.4 is 15.0 Å². The molecule has 26 heavy (non-hydrogen) atoms. The molecule has 2 heterocycles. The normalized spacial score (nSPS) is 25.4. The maximum absolute atomic E-state index is 12.5. The molecule has 0 radical (unpaired) electrons. The average Bonchev–Trinajstić information content (AvgIpc) is 3.22. The van der Waals surface area contributed by atoms with Crippen LogP contribution in [0.4, 0.5) is 10.5 Å². The van der Waals surface area contributed by atoms with Gasteiger partial charge in [0.05, 0.1) is 18.2 Å². The van der Waals surface area contributed by atoms with Gasteiger partial charge in [-0.2, -0.15) is 0 Å². The van der Waals surface area contributed by atoms with Crippen LogP contribution in [-0.2, 0) is 4.79 Å². The number of carboxylic acids is 1. The predicted octanol–water partition coefficient (Wildman–Crippen LogP) is 2.43. The highest BCUT2D eigenvalue weighted by atomic mass is 35.5. The van der Waals surface area contributed by atoms with Gasteiger partial charge in [0.2, 0.25) is 0 Å². The van der Waals surface area contributed by atoms with Crippen molar-refractivity contribution in [1.29, 1.82) is 0 Å². The number of carbonyl (C=O) groups excluding carboxylic acids is 1. The van der Waals surface area contributed by atoms with Gasteiger partial charge >= 0.3 is 12.0 Å². The number of amides is 2. The monoisotopic (exact) mass is 381 g/mol. The van der Waals surface area contributed by atoms with Gasteiger partial charge in [-0.1, -0.05) is 11.6 Å². The number of hydrogen-bond acceptors (Lipinski definition) is 4. The zero-order chi connectivity index (χ0) is 18.9. The molecule has 2 N–H and O–H groups in total. The molecule has 0 bridgehead atoms. The number of urea groups is 1. The maximum atomic E-state index is 12.5. The van der Waals surface area contributed by atoms with E-state index in [2.05, 4.69) is 10.2 Å². The lowest BCUT2D eigenvalue weighted by Gasteiger charge is -2.24. The van der Waals surface area contributed by atoms with Gasteiger partial charge in [0, 0.05) is 37.2 Å². The van der Waals surface area contributed by atoms with Crippen molar-refractivity contribution >= 4 is 29.3 Å². The first-order chi connectivity index (χ1) is 12.3. The Morgan fingerprint density at radius 1 is 1.38 bits per heavy atom. The topological polar surface area (TPSA) is 82.1 Å². The number of anilines is 1. The van der Waals surface area contributed by atoms with Gasteiger partial charge in [-0.25, -0.2) is 4.79 Å². The SMILES string of the molecule is COc1ccc(Cl)cc1N1CCC(NC(=O)N2CCC(C)(C(=O)O)C2)C1. The second-order valence-electron chi connectivity index (χ2n) is 7.23. The van der Waals surface area contributed by atoms with Crippen LogP contribution in [0.5, 0.6) is 5.75 Å². The van der Waals surface area contributed by atoms with E-state index in [4.69, 9.17) is 16.3 Å². The molecule has 2 aliphatic heterocycles. The number of hydrogen-bond donors (Lipinski definition) is 2. The van der Waals surface area contributed by atoms with Crippen LogP contribution in [0.3, 0.4) is 0 Å². The highest BCUT2D eigenvalue weighted by Crippen LogP contribution is 2.34. The molecule has 0 aliphatic carbocycles. The number of aliphatic carboxylic acids is 1. The molecule has 1 aromatic carbocycles. The van der Waals surface area contributed by atoms with Crippen LogP contribution in [-0.4, -0.2) is 61.3 Å². The van der Waals surface area contributed by atoms with Crippen molar-refractivity contribution in [1.82, 2.24) is 10.2 Å². The van der Waals surface area contributed by atoms with Crippen molar-refractivity contribution in [3.8, 4) is 5.75 Å². The van der Waals surface area contributed by atoms with Crippen LogP contribution in [0.15, 0.2) is 18.2 Å². The Morgan fingerprint density at radius 3 is 2.81 bits per heavy atom. The molecule has 2 unspecified atom stereocenters. The Kier molecular flexibility index (Phi) is 5.18. The Morgan fingerprint density at radius 2 is 2.15 bits per heavy atom. The number of halogens is 1. The van der Waals surface area contributed by atoms with Crippen molar-refractivity contribution in [3.63, 3.8) is 0 Å². The summed E-state index contributed by atoms with van der Waals surface area (Å²) in [6.45, 7) is 3.84. The Balaban J connectivity index is 1.59. The molecule has 2 saturated heterocycles. The molecule has 2 aliphatic rings. The summed E-state index contributed by atoms with van der Waals surface area (Å²) in [7, 11) is 1.62. The van der Waals surface area contributed by atoms with Gasteiger partial charge in [0.15, 0.2) is 0 Å². The summed E-state index contributed by atoms with van der Waals surface area (Å²) in [5, 5.41) is 13.0. The number of ether oxygens (including phenoxy) is 1. The zero-order valence-corrected chi connectivity index (χ0v) is 15.8. The summed E-state index contributed by atoms with van der Waals surface area (Å²) in [5.74, 6) is -0.106. The van der Waals surface area contributed by atoms with Crippen LogP contribution in [0.2, 0.25) is 5.02 Å². The van der Waals surface area contributed by atoms with E-state index < -0.39 is 11.4 Å². The minimum Gasteiger partial charge on any atom is -0.495 e. The molecular weight excluding hydrogens is 358 g/mol. The molecule has 0 spiro atoms. The standard InChI is InChI=1S/C18H24ClN3O4/c1-18(16(23)24)6-8-22(11-18)17(25)20-13-5-7-21(10-13)14-9-12(19)3-4-15(14)26-2/h3-4,9,13H,5-8,10-11H2,1-2H3,(H,20,25)(H,23,24). The lowest BCUT2D eigenvalue weighted by Crippen LogP contribution is -2.46. The fourth-order valence-corrected chi connectivity index (χ4v) is 3.75. The van der Waals surface area contributed by atoms with E-state index in [0.717, 1.165) is 24.4 Å². The summed E-state index contributed by atoms with van der Waals surface area (Å²) in [5.41, 5.74) is 0.0593. The molecule has 2 amide bonds. The number of carboxylic acid groups (broad SMARTS) is 1. The summed E-state index contributed by atoms with van der Waals surface area (Å²) in [6.07, 6.45) is 1.29. The lowest BCUT2D eigenvalue weighted by atomic mass is 9.90. The summed E-state index contributed by atoms with van der Waals surface area (Å²) in [6, 6.07) is 5.29. The number of benzene rings is 1. The average molecular weight is 382 g/mol. The number of likely N-dealkylation sites (tertiary alicyclic amines) is 1.